The second-order valence-corrected chi connectivity index (χ2v) is 3.42. The van der Waals surface area contributed by atoms with Crippen LogP contribution in [0.15, 0.2) is 6.07 Å². The van der Waals surface area contributed by atoms with Crippen LogP contribution in [0.1, 0.15) is 11.3 Å². The first-order chi connectivity index (χ1) is 4.61. The zero-order valence-corrected chi connectivity index (χ0v) is 8.14. The van der Waals surface area contributed by atoms with Crippen LogP contribution in [0.4, 0.5) is 5.82 Å². The monoisotopic (exact) mass is 248 g/mol. The van der Waals surface area contributed by atoms with Crippen molar-refractivity contribution in [2.75, 3.05) is 5.73 Å². The molecular formula is C7H9IN2. The number of nitrogens with two attached hydrogens (primary N) is 1. The van der Waals surface area contributed by atoms with Gasteiger partial charge in [-0.2, -0.15) is 0 Å². The number of halogens is 1. The fraction of sp³-hybridized carbons (Fsp3) is 0.286. The molecule has 0 aliphatic heterocycles. The predicted molar refractivity (Wildman–Crippen MR) is 50.8 cm³/mol. The van der Waals surface area contributed by atoms with Crippen molar-refractivity contribution in [1.82, 2.24) is 4.98 Å². The molecule has 0 aliphatic carbocycles. The van der Waals surface area contributed by atoms with Crippen molar-refractivity contribution in [1.29, 1.82) is 0 Å². The lowest BCUT2D eigenvalue weighted by atomic mass is 10.2. The van der Waals surface area contributed by atoms with Crippen LogP contribution in [0.3, 0.4) is 0 Å². The Hall–Kier alpha value is -0.320. The normalized spacial score (nSPS) is 9.90. The summed E-state index contributed by atoms with van der Waals surface area (Å²) in [5.41, 5.74) is 7.78. The van der Waals surface area contributed by atoms with E-state index in [2.05, 4.69) is 27.6 Å². The highest BCUT2D eigenvalue weighted by atomic mass is 127. The fourth-order valence-electron chi connectivity index (χ4n) is 0.691. The highest BCUT2D eigenvalue weighted by Crippen LogP contribution is 2.15. The summed E-state index contributed by atoms with van der Waals surface area (Å²) < 4.78 is 1.03. The fourth-order valence-corrected chi connectivity index (χ4v) is 1.28. The van der Waals surface area contributed by atoms with E-state index in [4.69, 9.17) is 5.73 Å². The molecule has 0 spiro atoms. The van der Waals surface area contributed by atoms with E-state index in [1.165, 1.54) is 5.56 Å². The van der Waals surface area contributed by atoms with Gasteiger partial charge in [-0.15, -0.1) is 0 Å². The lowest BCUT2D eigenvalue weighted by molar-refractivity contribution is 1.15. The lowest BCUT2D eigenvalue weighted by Gasteiger charge is -2.01. The van der Waals surface area contributed by atoms with Crippen LogP contribution >= 0.6 is 22.6 Å². The number of anilines is 1. The summed E-state index contributed by atoms with van der Waals surface area (Å²) in [6.45, 7) is 3.99. The zero-order chi connectivity index (χ0) is 7.72. The van der Waals surface area contributed by atoms with Crippen LogP contribution in [-0.2, 0) is 0 Å². The first-order valence-corrected chi connectivity index (χ1v) is 4.08. The molecule has 0 aliphatic rings. The summed E-state index contributed by atoms with van der Waals surface area (Å²) in [4.78, 5) is 4.14. The van der Waals surface area contributed by atoms with Gasteiger partial charge in [-0.1, -0.05) is 0 Å². The molecule has 0 saturated carbocycles. The molecule has 0 radical (unpaired) electrons. The van der Waals surface area contributed by atoms with Gasteiger partial charge in [0.2, 0.25) is 0 Å². The van der Waals surface area contributed by atoms with Crippen molar-refractivity contribution in [3.63, 3.8) is 0 Å². The summed E-state index contributed by atoms with van der Waals surface area (Å²) >= 11 is 2.18. The van der Waals surface area contributed by atoms with E-state index in [9.17, 15) is 0 Å². The number of nitrogen functional groups attached to an aromatic ring is 1. The van der Waals surface area contributed by atoms with E-state index in [0.29, 0.717) is 5.82 Å². The first kappa shape index (κ1) is 7.78. The van der Waals surface area contributed by atoms with Gasteiger partial charge in [0, 0.05) is 5.69 Å². The van der Waals surface area contributed by atoms with E-state index in [1.54, 1.807) is 0 Å². The summed E-state index contributed by atoms with van der Waals surface area (Å²) in [5, 5.41) is 0. The Morgan fingerprint density at radius 1 is 1.50 bits per heavy atom. The van der Waals surface area contributed by atoms with Gasteiger partial charge in [-0.05, 0) is 48.1 Å². The minimum Gasteiger partial charge on any atom is -0.383 e. The van der Waals surface area contributed by atoms with Crippen LogP contribution in [0.2, 0.25) is 0 Å². The number of rotatable bonds is 0. The number of hydrogen-bond donors (Lipinski definition) is 1. The van der Waals surface area contributed by atoms with Crippen LogP contribution in [0.5, 0.6) is 0 Å². The average Bonchev–Trinajstić information content (AvgIpc) is 1.84. The van der Waals surface area contributed by atoms with Crippen LogP contribution in [0, 0.1) is 17.4 Å². The van der Waals surface area contributed by atoms with Crippen molar-refractivity contribution in [2.45, 2.75) is 13.8 Å². The Kier molecular flexibility index (Phi) is 2.13. The number of nitrogens with zero attached hydrogens (tertiary/aromatic N) is 1. The molecule has 2 nitrogen and oxygen atoms in total. The number of pyridine rings is 1. The quantitative estimate of drug-likeness (QED) is 0.712. The van der Waals surface area contributed by atoms with Gasteiger partial charge in [0.1, 0.15) is 5.82 Å². The summed E-state index contributed by atoms with van der Waals surface area (Å²) in [7, 11) is 0. The Morgan fingerprint density at radius 3 is 2.60 bits per heavy atom. The third-order valence-electron chi connectivity index (χ3n) is 1.45. The molecule has 1 heterocycles. The maximum Gasteiger partial charge on any atom is 0.137 e. The summed E-state index contributed by atoms with van der Waals surface area (Å²) in [5.74, 6) is 0.628. The largest absolute Gasteiger partial charge is 0.383 e. The Morgan fingerprint density at radius 2 is 2.10 bits per heavy atom. The summed E-state index contributed by atoms with van der Waals surface area (Å²) in [6.07, 6.45) is 0. The van der Waals surface area contributed by atoms with Crippen LogP contribution < -0.4 is 5.73 Å². The molecule has 0 saturated heterocycles. The van der Waals surface area contributed by atoms with Gasteiger partial charge in [-0.25, -0.2) is 4.98 Å². The molecule has 1 aromatic rings. The molecule has 0 bridgehead atoms. The van der Waals surface area contributed by atoms with E-state index in [1.807, 2.05) is 19.9 Å². The van der Waals surface area contributed by atoms with Crippen molar-refractivity contribution in [2.24, 2.45) is 0 Å². The second-order valence-electron chi connectivity index (χ2n) is 2.26. The average molecular weight is 248 g/mol. The number of aryl methyl sites for hydroxylation is 2. The van der Waals surface area contributed by atoms with Crippen molar-refractivity contribution in [3.8, 4) is 0 Å². The number of aromatic nitrogens is 1. The van der Waals surface area contributed by atoms with Crippen LogP contribution in [0.25, 0.3) is 0 Å². The van der Waals surface area contributed by atoms with E-state index in [0.717, 1.165) is 9.26 Å². The van der Waals surface area contributed by atoms with E-state index < -0.39 is 0 Å². The molecule has 0 unspecified atom stereocenters. The lowest BCUT2D eigenvalue weighted by Crippen LogP contribution is -1.97. The topological polar surface area (TPSA) is 38.9 Å². The standard InChI is InChI=1S/C7H9IN2/c1-4-3-6(8)7(9)10-5(4)2/h3H,1-2H3,(H2,9,10). The van der Waals surface area contributed by atoms with E-state index >= 15 is 0 Å². The molecule has 0 amide bonds. The van der Waals surface area contributed by atoms with Gasteiger partial charge in [-0.3, -0.25) is 0 Å². The Labute approximate surface area is 74.0 Å². The highest BCUT2D eigenvalue weighted by Gasteiger charge is 1.98. The van der Waals surface area contributed by atoms with Gasteiger partial charge in [0.05, 0.1) is 3.57 Å². The molecule has 2 N–H and O–H groups in total. The van der Waals surface area contributed by atoms with Gasteiger partial charge in [0.15, 0.2) is 0 Å². The smallest absolute Gasteiger partial charge is 0.137 e. The molecule has 1 aromatic heterocycles. The molecule has 10 heavy (non-hydrogen) atoms. The Bertz CT molecular complexity index is 208. The summed E-state index contributed by atoms with van der Waals surface area (Å²) in [6, 6.07) is 2.04. The molecule has 0 aromatic carbocycles. The Balaban J connectivity index is 3.28. The van der Waals surface area contributed by atoms with Gasteiger partial charge < -0.3 is 5.73 Å². The first-order valence-electron chi connectivity index (χ1n) is 3.00. The molecular weight excluding hydrogens is 239 g/mol. The predicted octanol–water partition coefficient (Wildman–Crippen LogP) is 1.89. The van der Waals surface area contributed by atoms with Crippen molar-refractivity contribution >= 4 is 28.4 Å². The minimum absolute atomic E-state index is 0.628. The molecule has 1 rings (SSSR count). The van der Waals surface area contributed by atoms with E-state index in [-0.39, 0.29) is 0 Å². The highest BCUT2D eigenvalue weighted by molar-refractivity contribution is 14.1. The van der Waals surface area contributed by atoms with Gasteiger partial charge in [0.25, 0.3) is 0 Å². The molecule has 0 fully saturated rings. The van der Waals surface area contributed by atoms with Crippen LogP contribution in [-0.4, -0.2) is 4.98 Å². The second kappa shape index (κ2) is 2.74. The van der Waals surface area contributed by atoms with Crippen molar-refractivity contribution in [3.05, 3.63) is 20.9 Å². The number of hydrogen-bond acceptors (Lipinski definition) is 2. The zero-order valence-electron chi connectivity index (χ0n) is 5.98. The molecule has 0 atom stereocenters. The molecule has 54 valence electrons. The SMILES string of the molecule is Cc1cc(I)c(N)nc1C. The minimum atomic E-state index is 0.628. The molecule has 3 heteroatoms. The maximum absolute atomic E-state index is 5.57. The third kappa shape index (κ3) is 1.39. The third-order valence-corrected chi connectivity index (χ3v) is 2.31. The van der Waals surface area contributed by atoms with Crippen molar-refractivity contribution < 1.29 is 0 Å². The van der Waals surface area contributed by atoms with Gasteiger partial charge >= 0.3 is 0 Å². The maximum atomic E-state index is 5.57.